The van der Waals surface area contributed by atoms with E-state index in [0.717, 1.165) is 24.5 Å². The predicted molar refractivity (Wildman–Crippen MR) is 86.2 cm³/mol. The number of hydrogen-bond donors (Lipinski definition) is 0. The Morgan fingerprint density at radius 3 is 2.78 bits per heavy atom. The van der Waals surface area contributed by atoms with Gasteiger partial charge in [0, 0.05) is 18.2 Å². The van der Waals surface area contributed by atoms with Gasteiger partial charge in [-0.3, -0.25) is 4.90 Å². The highest BCUT2D eigenvalue weighted by molar-refractivity contribution is 5.55. The minimum atomic E-state index is 0.236. The van der Waals surface area contributed by atoms with Crippen LogP contribution in [0.15, 0.2) is 28.8 Å². The molecule has 0 radical (unpaired) electrons. The summed E-state index contributed by atoms with van der Waals surface area (Å²) in [5.74, 6) is 2.09. The van der Waals surface area contributed by atoms with Crippen molar-refractivity contribution < 1.29 is 14.0 Å². The first-order valence-electron chi connectivity index (χ1n) is 8.07. The summed E-state index contributed by atoms with van der Waals surface area (Å²) in [6.45, 7) is 9.12. The van der Waals surface area contributed by atoms with Crippen LogP contribution in [0, 0.1) is 0 Å². The molecule has 6 nitrogen and oxygen atoms in total. The van der Waals surface area contributed by atoms with E-state index in [9.17, 15) is 0 Å². The van der Waals surface area contributed by atoms with E-state index in [1.165, 1.54) is 0 Å². The number of ether oxygens (including phenoxy) is 2. The van der Waals surface area contributed by atoms with E-state index in [2.05, 4.69) is 28.9 Å². The van der Waals surface area contributed by atoms with E-state index >= 15 is 0 Å². The summed E-state index contributed by atoms with van der Waals surface area (Å²) in [7, 11) is 0. The molecular weight excluding hydrogens is 294 g/mol. The molecule has 6 heteroatoms. The maximum Gasteiger partial charge on any atom is 0.241 e. The molecule has 0 amide bonds. The third kappa shape index (κ3) is 3.89. The smallest absolute Gasteiger partial charge is 0.241 e. The molecule has 1 aliphatic heterocycles. The van der Waals surface area contributed by atoms with E-state index in [-0.39, 0.29) is 6.10 Å². The second kappa shape index (κ2) is 7.10. The summed E-state index contributed by atoms with van der Waals surface area (Å²) in [4.78, 5) is 6.82. The van der Waals surface area contributed by atoms with E-state index in [1.54, 1.807) is 0 Å². The molecule has 0 saturated carbocycles. The fourth-order valence-corrected chi connectivity index (χ4v) is 2.67. The molecule has 1 aromatic carbocycles. The van der Waals surface area contributed by atoms with Crippen LogP contribution in [0.2, 0.25) is 0 Å². The van der Waals surface area contributed by atoms with Gasteiger partial charge in [0.1, 0.15) is 5.75 Å². The Morgan fingerprint density at radius 1 is 1.26 bits per heavy atom. The van der Waals surface area contributed by atoms with Crippen LogP contribution >= 0.6 is 0 Å². The Hall–Kier alpha value is -1.92. The van der Waals surface area contributed by atoms with Crippen LogP contribution in [-0.2, 0) is 11.3 Å². The van der Waals surface area contributed by atoms with Gasteiger partial charge in [0.2, 0.25) is 11.7 Å². The Bertz CT molecular complexity index is 626. The predicted octanol–water partition coefficient (Wildman–Crippen LogP) is 2.74. The Morgan fingerprint density at radius 2 is 2.04 bits per heavy atom. The lowest BCUT2D eigenvalue weighted by Crippen LogP contribution is -2.46. The Labute approximate surface area is 136 Å². The molecule has 3 rings (SSSR count). The third-order valence-corrected chi connectivity index (χ3v) is 3.97. The summed E-state index contributed by atoms with van der Waals surface area (Å²) < 4.78 is 16.5. The average molecular weight is 317 g/mol. The zero-order chi connectivity index (χ0) is 16.2. The quantitative estimate of drug-likeness (QED) is 0.845. The number of rotatable bonds is 5. The lowest BCUT2D eigenvalue weighted by atomic mass is 10.2. The van der Waals surface area contributed by atoms with Gasteiger partial charge in [0.15, 0.2) is 0 Å². The van der Waals surface area contributed by atoms with Crippen molar-refractivity contribution in [1.29, 1.82) is 0 Å². The molecule has 2 heterocycles. The molecule has 1 fully saturated rings. The average Bonchev–Trinajstić information content (AvgIpc) is 3.01. The van der Waals surface area contributed by atoms with Crippen LogP contribution < -0.4 is 4.74 Å². The van der Waals surface area contributed by atoms with Crippen LogP contribution in [-0.4, -0.2) is 46.9 Å². The van der Waals surface area contributed by atoms with Gasteiger partial charge in [-0.15, -0.1) is 0 Å². The molecule has 23 heavy (non-hydrogen) atoms. The number of morpholine rings is 1. The first kappa shape index (κ1) is 16.0. The van der Waals surface area contributed by atoms with Gasteiger partial charge in [-0.05, 0) is 45.0 Å². The largest absolute Gasteiger partial charge is 0.494 e. The molecule has 124 valence electrons. The third-order valence-electron chi connectivity index (χ3n) is 3.97. The monoisotopic (exact) mass is 317 g/mol. The molecule has 2 atom stereocenters. The molecular formula is C17H23N3O3. The van der Waals surface area contributed by atoms with Crippen molar-refractivity contribution in [1.82, 2.24) is 15.0 Å². The van der Waals surface area contributed by atoms with Crippen LogP contribution in [0.3, 0.4) is 0 Å². The summed E-state index contributed by atoms with van der Waals surface area (Å²) in [5.41, 5.74) is 0.923. The molecule has 1 saturated heterocycles. The number of aromatic nitrogens is 2. The highest BCUT2D eigenvalue weighted by Gasteiger charge is 2.25. The maximum absolute atomic E-state index is 5.64. The highest BCUT2D eigenvalue weighted by atomic mass is 16.5. The van der Waals surface area contributed by atoms with E-state index < -0.39 is 0 Å². The molecule has 0 aliphatic carbocycles. The van der Waals surface area contributed by atoms with Gasteiger partial charge in [0.25, 0.3) is 0 Å². The van der Waals surface area contributed by atoms with Crippen molar-refractivity contribution in [2.75, 3.05) is 19.8 Å². The minimum Gasteiger partial charge on any atom is -0.494 e. The second-order valence-electron chi connectivity index (χ2n) is 5.89. The van der Waals surface area contributed by atoms with Gasteiger partial charge >= 0.3 is 0 Å². The van der Waals surface area contributed by atoms with Gasteiger partial charge in [-0.1, -0.05) is 5.16 Å². The molecule has 0 spiro atoms. The topological polar surface area (TPSA) is 60.6 Å². The Kier molecular flexibility index (Phi) is 4.93. The lowest BCUT2D eigenvalue weighted by molar-refractivity contribution is -0.0555. The van der Waals surface area contributed by atoms with E-state index in [0.29, 0.717) is 30.9 Å². The summed E-state index contributed by atoms with van der Waals surface area (Å²) in [6.07, 6.45) is 0.236. The van der Waals surface area contributed by atoms with Crippen molar-refractivity contribution >= 4 is 0 Å². The van der Waals surface area contributed by atoms with E-state index in [4.69, 9.17) is 14.0 Å². The number of hydrogen-bond acceptors (Lipinski definition) is 6. The molecule has 0 bridgehead atoms. The maximum atomic E-state index is 5.64. The molecule has 1 aliphatic rings. The van der Waals surface area contributed by atoms with Gasteiger partial charge in [-0.25, -0.2) is 0 Å². The van der Waals surface area contributed by atoms with Gasteiger partial charge in [0.05, 0.1) is 25.9 Å². The van der Waals surface area contributed by atoms with Crippen LogP contribution in [0.25, 0.3) is 11.4 Å². The standard InChI is InChI=1S/C17H23N3O3/c1-4-21-15-7-5-14(6-8-15)17-18-16(23-19-17)10-20-9-13(3)22-11-12(20)2/h5-8,12-13H,4,9-11H2,1-3H3/t12-,13+/m0/s1. The fourth-order valence-electron chi connectivity index (χ4n) is 2.67. The fraction of sp³-hybridized carbons (Fsp3) is 0.529. The second-order valence-corrected chi connectivity index (χ2v) is 5.89. The summed E-state index contributed by atoms with van der Waals surface area (Å²) in [6, 6.07) is 8.08. The zero-order valence-electron chi connectivity index (χ0n) is 13.9. The molecule has 0 N–H and O–H groups in total. The lowest BCUT2D eigenvalue weighted by Gasteiger charge is -2.35. The highest BCUT2D eigenvalue weighted by Crippen LogP contribution is 2.21. The number of nitrogens with zero attached hydrogens (tertiary/aromatic N) is 3. The normalized spacial score (nSPS) is 22.2. The minimum absolute atomic E-state index is 0.236. The van der Waals surface area contributed by atoms with Crippen molar-refractivity contribution in [2.24, 2.45) is 0 Å². The summed E-state index contributed by atoms with van der Waals surface area (Å²) in [5, 5.41) is 4.09. The Balaban J connectivity index is 1.67. The SMILES string of the molecule is CCOc1ccc(-c2noc(CN3C[C@@H](C)OC[C@@H]3C)n2)cc1. The van der Waals surface area contributed by atoms with Crippen LogP contribution in [0.1, 0.15) is 26.7 Å². The first-order chi connectivity index (χ1) is 11.2. The molecule has 0 unspecified atom stereocenters. The molecule has 1 aromatic heterocycles. The van der Waals surface area contributed by atoms with Gasteiger partial charge in [-0.2, -0.15) is 4.98 Å². The van der Waals surface area contributed by atoms with Crippen LogP contribution in [0.4, 0.5) is 0 Å². The number of benzene rings is 1. The summed E-state index contributed by atoms with van der Waals surface area (Å²) >= 11 is 0. The zero-order valence-corrected chi connectivity index (χ0v) is 13.9. The van der Waals surface area contributed by atoms with Crippen LogP contribution in [0.5, 0.6) is 5.75 Å². The van der Waals surface area contributed by atoms with Crippen molar-refractivity contribution in [3.63, 3.8) is 0 Å². The van der Waals surface area contributed by atoms with Crippen molar-refractivity contribution in [3.8, 4) is 17.1 Å². The molecule has 2 aromatic rings. The van der Waals surface area contributed by atoms with Gasteiger partial charge < -0.3 is 14.0 Å². The van der Waals surface area contributed by atoms with Crippen molar-refractivity contribution in [2.45, 2.75) is 39.5 Å². The first-order valence-corrected chi connectivity index (χ1v) is 8.07. The van der Waals surface area contributed by atoms with E-state index in [1.807, 2.05) is 31.2 Å². The van der Waals surface area contributed by atoms with Crippen molar-refractivity contribution in [3.05, 3.63) is 30.2 Å².